The van der Waals surface area contributed by atoms with E-state index in [-0.39, 0.29) is 29.1 Å². The van der Waals surface area contributed by atoms with Gasteiger partial charge in [-0.15, -0.1) is 12.4 Å². The van der Waals surface area contributed by atoms with Crippen LogP contribution in [0.3, 0.4) is 0 Å². The molecule has 0 aliphatic heterocycles. The first-order chi connectivity index (χ1) is 8.04. The summed E-state index contributed by atoms with van der Waals surface area (Å²) < 4.78 is 18.1. The number of carboxylic acid groups (broad SMARTS) is 1. The van der Waals surface area contributed by atoms with E-state index in [1.165, 1.54) is 13.2 Å². The molecule has 0 aliphatic carbocycles. The van der Waals surface area contributed by atoms with Gasteiger partial charge < -0.3 is 14.8 Å². The van der Waals surface area contributed by atoms with Crippen molar-refractivity contribution < 1.29 is 19.0 Å². The number of halogens is 2. The first kappa shape index (κ1) is 14.0. The molecule has 96 valence electrons. The van der Waals surface area contributed by atoms with Crippen LogP contribution in [-0.2, 0) is 0 Å². The molecule has 0 aliphatic rings. The molecule has 0 atom stereocenters. The Balaban J connectivity index is 0.00000162. The lowest BCUT2D eigenvalue weighted by atomic mass is 10.1. The van der Waals surface area contributed by atoms with Crippen molar-refractivity contribution in [1.29, 1.82) is 0 Å². The summed E-state index contributed by atoms with van der Waals surface area (Å²) in [7, 11) is 1.26. The zero-order valence-electron chi connectivity index (χ0n) is 9.19. The summed E-state index contributed by atoms with van der Waals surface area (Å²) >= 11 is 0. The Morgan fingerprint density at radius 1 is 1.44 bits per heavy atom. The number of rotatable bonds is 2. The largest absolute Gasteiger partial charge is 0.494 e. The number of carbonyl (C=O) groups is 1. The fraction of sp³-hybridized carbons (Fsp3) is 0.0909. The van der Waals surface area contributed by atoms with E-state index in [1.54, 1.807) is 0 Å². The Morgan fingerprint density at radius 3 is 2.67 bits per heavy atom. The monoisotopic (exact) mass is 273 g/mol. The molecule has 1 aromatic carbocycles. The number of aromatic nitrogens is 1. The first-order valence-electron chi connectivity index (χ1n) is 4.67. The molecule has 0 fully saturated rings. The molecule has 18 heavy (non-hydrogen) atoms. The number of fused-ring (bicyclic) bond motifs is 1. The predicted octanol–water partition coefficient (Wildman–Crippen LogP) is 1.80. The van der Waals surface area contributed by atoms with Crippen molar-refractivity contribution >= 4 is 29.3 Å². The zero-order chi connectivity index (χ0) is 12.6. The molecule has 0 radical (unpaired) electrons. The molecule has 0 spiro atoms. The van der Waals surface area contributed by atoms with E-state index in [0.29, 0.717) is 0 Å². The Hall–Kier alpha value is -2.08. The molecule has 7 heteroatoms. The van der Waals surface area contributed by atoms with Gasteiger partial charge in [-0.05, 0) is 6.07 Å². The van der Waals surface area contributed by atoms with Crippen molar-refractivity contribution in [2.45, 2.75) is 0 Å². The second-order valence-corrected chi connectivity index (χ2v) is 3.37. The van der Waals surface area contributed by atoms with Gasteiger partial charge in [0.2, 0.25) is 5.43 Å². The SMILES string of the molecule is COc1cc2c(=O)c(C(=O)O)c[nH]c2cc1F.Cl. The zero-order valence-corrected chi connectivity index (χ0v) is 10.0. The Bertz CT molecular complexity index is 668. The smallest absolute Gasteiger partial charge is 0.341 e. The third kappa shape index (κ3) is 2.14. The number of pyridine rings is 1. The molecule has 5 nitrogen and oxygen atoms in total. The van der Waals surface area contributed by atoms with Gasteiger partial charge in [0.25, 0.3) is 0 Å². The predicted molar refractivity (Wildman–Crippen MR) is 65.3 cm³/mol. The van der Waals surface area contributed by atoms with Crippen molar-refractivity contribution in [3.63, 3.8) is 0 Å². The third-order valence-corrected chi connectivity index (χ3v) is 2.38. The van der Waals surface area contributed by atoms with Crippen molar-refractivity contribution in [3.05, 3.63) is 39.9 Å². The standard InChI is InChI=1S/C11H8FNO4.ClH/c1-17-9-2-5-8(3-7(9)12)13-4-6(10(5)14)11(15)16;/h2-4H,1H3,(H,13,14)(H,15,16);1H. The van der Waals surface area contributed by atoms with Gasteiger partial charge in [0, 0.05) is 12.3 Å². The quantitative estimate of drug-likeness (QED) is 0.874. The highest BCUT2D eigenvalue weighted by Gasteiger charge is 2.13. The lowest BCUT2D eigenvalue weighted by Gasteiger charge is -2.04. The van der Waals surface area contributed by atoms with Gasteiger partial charge in [0.15, 0.2) is 11.6 Å². The molecular weight excluding hydrogens is 265 g/mol. The number of benzene rings is 1. The lowest BCUT2D eigenvalue weighted by molar-refractivity contribution is 0.0695. The average molecular weight is 274 g/mol. The molecular formula is C11H9ClFNO4. The van der Waals surface area contributed by atoms with Gasteiger partial charge in [-0.2, -0.15) is 0 Å². The van der Waals surface area contributed by atoms with E-state index in [9.17, 15) is 14.0 Å². The highest BCUT2D eigenvalue weighted by atomic mass is 35.5. The Morgan fingerprint density at radius 2 is 2.11 bits per heavy atom. The summed E-state index contributed by atoms with van der Waals surface area (Å²) in [5.41, 5.74) is -0.853. The summed E-state index contributed by atoms with van der Waals surface area (Å²) in [5, 5.41) is 8.85. The first-order valence-corrected chi connectivity index (χ1v) is 4.67. The fourth-order valence-corrected chi connectivity index (χ4v) is 1.54. The molecule has 0 bridgehead atoms. The van der Waals surface area contributed by atoms with E-state index in [2.05, 4.69) is 4.98 Å². The number of nitrogens with one attached hydrogen (secondary N) is 1. The highest BCUT2D eigenvalue weighted by molar-refractivity contribution is 5.92. The van der Waals surface area contributed by atoms with Gasteiger partial charge in [-0.25, -0.2) is 9.18 Å². The number of methoxy groups -OCH3 is 1. The molecule has 1 aromatic heterocycles. The summed E-state index contributed by atoms with van der Waals surface area (Å²) in [6.45, 7) is 0. The molecule has 0 amide bonds. The van der Waals surface area contributed by atoms with E-state index < -0.39 is 22.8 Å². The summed E-state index contributed by atoms with van der Waals surface area (Å²) in [5.74, 6) is -2.07. The maximum atomic E-state index is 13.3. The number of ether oxygens (including phenoxy) is 1. The van der Waals surface area contributed by atoms with Crippen LogP contribution in [0.2, 0.25) is 0 Å². The van der Waals surface area contributed by atoms with Crippen LogP contribution in [0.4, 0.5) is 4.39 Å². The topological polar surface area (TPSA) is 79.4 Å². The minimum absolute atomic E-state index is 0. The van der Waals surface area contributed by atoms with Crippen LogP contribution in [0.25, 0.3) is 10.9 Å². The van der Waals surface area contributed by atoms with Gasteiger partial charge in [-0.3, -0.25) is 4.79 Å². The number of aromatic carboxylic acids is 1. The van der Waals surface area contributed by atoms with Crippen LogP contribution in [-0.4, -0.2) is 23.2 Å². The van der Waals surface area contributed by atoms with Crippen LogP contribution >= 0.6 is 12.4 Å². The normalized spacial score (nSPS) is 9.89. The molecule has 2 N–H and O–H groups in total. The molecule has 2 aromatic rings. The fourth-order valence-electron chi connectivity index (χ4n) is 1.54. The maximum absolute atomic E-state index is 13.3. The maximum Gasteiger partial charge on any atom is 0.341 e. The van der Waals surface area contributed by atoms with E-state index >= 15 is 0 Å². The Labute approximate surface area is 107 Å². The van der Waals surface area contributed by atoms with Crippen LogP contribution in [0.5, 0.6) is 5.75 Å². The third-order valence-electron chi connectivity index (χ3n) is 2.38. The van der Waals surface area contributed by atoms with E-state index in [4.69, 9.17) is 9.84 Å². The molecule has 0 saturated heterocycles. The average Bonchev–Trinajstić information content (AvgIpc) is 2.28. The van der Waals surface area contributed by atoms with Gasteiger partial charge in [0.05, 0.1) is 18.0 Å². The lowest BCUT2D eigenvalue weighted by Crippen LogP contribution is -2.15. The van der Waals surface area contributed by atoms with Crippen molar-refractivity contribution in [2.75, 3.05) is 7.11 Å². The molecule has 0 saturated carbocycles. The molecule has 2 rings (SSSR count). The number of hydrogen-bond acceptors (Lipinski definition) is 3. The molecule has 1 heterocycles. The number of H-pyrrole nitrogens is 1. The van der Waals surface area contributed by atoms with Gasteiger partial charge in [-0.1, -0.05) is 0 Å². The van der Waals surface area contributed by atoms with Crippen molar-refractivity contribution in [3.8, 4) is 5.75 Å². The van der Waals surface area contributed by atoms with Crippen molar-refractivity contribution in [2.24, 2.45) is 0 Å². The van der Waals surface area contributed by atoms with Crippen LogP contribution in [0.1, 0.15) is 10.4 Å². The summed E-state index contributed by atoms with van der Waals surface area (Å²) in [6.07, 6.45) is 1.04. The number of hydrogen-bond donors (Lipinski definition) is 2. The molecule has 0 unspecified atom stereocenters. The highest BCUT2D eigenvalue weighted by Crippen LogP contribution is 2.21. The number of carboxylic acids is 1. The summed E-state index contributed by atoms with van der Waals surface area (Å²) in [6, 6.07) is 2.26. The van der Waals surface area contributed by atoms with Crippen LogP contribution in [0.15, 0.2) is 23.1 Å². The number of aromatic amines is 1. The van der Waals surface area contributed by atoms with Crippen LogP contribution in [0, 0.1) is 5.82 Å². The van der Waals surface area contributed by atoms with Gasteiger partial charge >= 0.3 is 5.97 Å². The Kier molecular flexibility index (Phi) is 3.93. The van der Waals surface area contributed by atoms with E-state index in [0.717, 1.165) is 12.3 Å². The summed E-state index contributed by atoms with van der Waals surface area (Å²) in [4.78, 5) is 25.1. The van der Waals surface area contributed by atoms with Gasteiger partial charge in [0.1, 0.15) is 5.56 Å². The second-order valence-electron chi connectivity index (χ2n) is 3.37. The van der Waals surface area contributed by atoms with Crippen molar-refractivity contribution in [1.82, 2.24) is 4.98 Å². The minimum Gasteiger partial charge on any atom is -0.494 e. The van der Waals surface area contributed by atoms with E-state index in [1.807, 2.05) is 0 Å². The minimum atomic E-state index is -1.34. The second kappa shape index (κ2) is 5.05. The van der Waals surface area contributed by atoms with Crippen LogP contribution < -0.4 is 10.2 Å².